The average molecular weight is 762 g/mol. The highest BCUT2D eigenvalue weighted by Gasteiger charge is 2.40. The summed E-state index contributed by atoms with van der Waals surface area (Å²) in [5.41, 5.74) is 0. The second kappa shape index (κ2) is 36.6. The van der Waals surface area contributed by atoms with Crippen molar-refractivity contribution in [2.75, 3.05) is 46.6 Å². The standard InChI is InChI=1S/C48H91NO5/c1-4-6-8-10-12-14-16-18-20-22-24-26-28-30-32-34-40-51-45-42-53-46(43-54-48(50)44-36-38-49(3)39-37-44)47(45)52-41-35-33-31-29-27-25-23-21-19-17-15-13-11-9-7-5-2/h12,14,18,20,44-48,50H,4-11,13,15-17,19,21-43H2,1-3H3/b14-12-,20-18-/t45?,46-,47-,48?/m1/s1. The minimum absolute atomic E-state index is 0.0573. The predicted octanol–water partition coefficient (Wildman–Crippen LogP) is 12.9. The van der Waals surface area contributed by atoms with Gasteiger partial charge in [0.2, 0.25) is 0 Å². The number of rotatable bonds is 38. The van der Waals surface area contributed by atoms with E-state index in [1.165, 1.54) is 161 Å². The van der Waals surface area contributed by atoms with E-state index >= 15 is 0 Å². The number of hydrogen-bond donors (Lipinski definition) is 1. The Morgan fingerprint density at radius 3 is 1.57 bits per heavy atom. The van der Waals surface area contributed by atoms with E-state index in [4.69, 9.17) is 18.9 Å². The van der Waals surface area contributed by atoms with Crippen LogP contribution in [0.2, 0.25) is 0 Å². The summed E-state index contributed by atoms with van der Waals surface area (Å²) in [7, 11) is 2.15. The van der Waals surface area contributed by atoms with Gasteiger partial charge in [0.15, 0.2) is 6.29 Å². The van der Waals surface area contributed by atoms with E-state index in [1.54, 1.807) is 0 Å². The van der Waals surface area contributed by atoms with Gasteiger partial charge in [-0.25, -0.2) is 0 Å². The first-order valence-corrected chi connectivity index (χ1v) is 23.8. The third kappa shape index (κ3) is 27.0. The van der Waals surface area contributed by atoms with Crippen LogP contribution in [0.5, 0.6) is 0 Å². The topological polar surface area (TPSA) is 60.4 Å². The second-order valence-corrected chi connectivity index (χ2v) is 16.9. The van der Waals surface area contributed by atoms with Gasteiger partial charge in [-0.05, 0) is 77.9 Å². The lowest BCUT2D eigenvalue weighted by Crippen LogP contribution is -2.41. The average Bonchev–Trinajstić information content (AvgIpc) is 3.57. The lowest BCUT2D eigenvalue weighted by molar-refractivity contribution is -0.171. The third-order valence-electron chi connectivity index (χ3n) is 11.8. The molecule has 0 aliphatic carbocycles. The number of ether oxygens (including phenoxy) is 4. The number of aliphatic hydroxyl groups excluding tert-OH is 1. The van der Waals surface area contributed by atoms with E-state index in [0.29, 0.717) is 13.2 Å². The van der Waals surface area contributed by atoms with Crippen LogP contribution in [-0.2, 0) is 18.9 Å². The maximum atomic E-state index is 10.8. The summed E-state index contributed by atoms with van der Waals surface area (Å²) in [5, 5.41) is 10.8. The molecule has 2 heterocycles. The number of aliphatic hydroxyl groups is 1. The molecule has 0 saturated carbocycles. The number of unbranched alkanes of at least 4 members (excludes halogenated alkanes) is 24. The van der Waals surface area contributed by atoms with Gasteiger partial charge in [0, 0.05) is 19.1 Å². The summed E-state index contributed by atoms with van der Waals surface area (Å²) < 4.78 is 25.1. The molecule has 0 amide bonds. The molecule has 2 fully saturated rings. The van der Waals surface area contributed by atoms with Gasteiger partial charge in [-0.2, -0.15) is 0 Å². The van der Waals surface area contributed by atoms with E-state index < -0.39 is 6.29 Å². The molecule has 6 heteroatoms. The van der Waals surface area contributed by atoms with E-state index in [9.17, 15) is 5.11 Å². The highest BCUT2D eigenvalue weighted by molar-refractivity contribution is 4.92. The number of hydrogen-bond acceptors (Lipinski definition) is 6. The fourth-order valence-corrected chi connectivity index (χ4v) is 7.99. The molecule has 0 aromatic carbocycles. The molecule has 2 aliphatic heterocycles. The zero-order valence-electron chi connectivity index (χ0n) is 36.2. The van der Waals surface area contributed by atoms with Crippen LogP contribution in [0, 0.1) is 5.92 Å². The molecular weight excluding hydrogens is 671 g/mol. The molecule has 2 unspecified atom stereocenters. The molecule has 0 spiro atoms. The van der Waals surface area contributed by atoms with Crippen molar-refractivity contribution in [1.29, 1.82) is 0 Å². The number of piperidine rings is 1. The Morgan fingerprint density at radius 2 is 1.04 bits per heavy atom. The Labute approximate surface area is 336 Å². The van der Waals surface area contributed by atoms with Crippen molar-refractivity contribution in [2.24, 2.45) is 5.92 Å². The summed E-state index contributed by atoms with van der Waals surface area (Å²) in [6.45, 7) is 8.99. The molecule has 0 aromatic rings. The molecule has 1 N–H and O–H groups in total. The first kappa shape index (κ1) is 49.4. The zero-order valence-corrected chi connectivity index (χ0v) is 36.2. The number of nitrogens with zero attached hydrogens (tertiary/aromatic N) is 1. The summed E-state index contributed by atoms with van der Waals surface area (Å²) in [4.78, 5) is 2.32. The number of likely N-dealkylation sites (tertiary alicyclic amines) is 1. The summed E-state index contributed by atoms with van der Waals surface area (Å²) in [6.07, 6.45) is 47.1. The Bertz CT molecular complexity index is 843. The van der Waals surface area contributed by atoms with Crippen molar-refractivity contribution in [3.05, 3.63) is 24.3 Å². The van der Waals surface area contributed by atoms with Gasteiger partial charge in [-0.1, -0.05) is 173 Å². The highest BCUT2D eigenvalue weighted by atomic mass is 16.6. The van der Waals surface area contributed by atoms with Gasteiger partial charge in [0.1, 0.15) is 18.3 Å². The lowest BCUT2D eigenvalue weighted by atomic mass is 9.96. The maximum absolute atomic E-state index is 10.8. The van der Waals surface area contributed by atoms with Gasteiger partial charge in [0.05, 0.1) is 13.2 Å². The fourth-order valence-electron chi connectivity index (χ4n) is 7.99. The van der Waals surface area contributed by atoms with E-state index in [0.717, 1.165) is 58.4 Å². The Hall–Kier alpha value is -0.760. The summed E-state index contributed by atoms with van der Waals surface area (Å²) in [6, 6.07) is 0. The van der Waals surface area contributed by atoms with Crippen LogP contribution in [0.4, 0.5) is 0 Å². The normalized spacial score (nSPS) is 20.6. The summed E-state index contributed by atoms with van der Waals surface area (Å²) in [5.74, 6) is 0.197. The molecule has 54 heavy (non-hydrogen) atoms. The quantitative estimate of drug-likeness (QED) is 0.0384. The molecule has 6 nitrogen and oxygen atoms in total. The number of allylic oxidation sites excluding steroid dienone is 4. The van der Waals surface area contributed by atoms with Crippen LogP contribution in [0.15, 0.2) is 24.3 Å². The van der Waals surface area contributed by atoms with Crippen LogP contribution >= 0.6 is 0 Å². The van der Waals surface area contributed by atoms with Crippen LogP contribution in [0.25, 0.3) is 0 Å². The molecule has 2 saturated heterocycles. The van der Waals surface area contributed by atoms with Crippen molar-refractivity contribution < 1.29 is 24.1 Å². The van der Waals surface area contributed by atoms with Crippen molar-refractivity contribution in [1.82, 2.24) is 4.90 Å². The van der Waals surface area contributed by atoms with Crippen LogP contribution in [-0.4, -0.2) is 81.2 Å². The maximum Gasteiger partial charge on any atom is 0.157 e. The van der Waals surface area contributed by atoms with E-state index in [1.807, 2.05) is 0 Å². The SMILES string of the molecule is CCCCC/C=C\C/C=C\CCCCCCCCOC1CO[C@H](COC(O)C2CCN(C)CC2)[C@@H]1OCCCCCCCCCCCCCCCCCC. The largest absolute Gasteiger partial charge is 0.373 e. The Balaban J connectivity index is 1.56. The van der Waals surface area contributed by atoms with E-state index in [2.05, 4.69) is 50.1 Å². The molecule has 0 radical (unpaired) electrons. The smallest absolute Gasteiger partial charge is 0.157 e. The minimum Gasteiger partial charge on any atom is -0.373 e. The molecule has 2 aliphatic rings. The minimum atomic E-state index is -0.735. The van der Waals surface area contributed by atoms with Gasteiger partial charge in [0.25, 0.3) is 0 Å². The van der Waals surface area contributed by atoms with Crippen molar-refractivity contribution in [3.8, 4) is 0 Å². The molecule has 318 valence electrons. The Morgan fingerprint density at radius 1 is 0.593 bits per heavy atom. The first-order chi connectivity index (χ1) is 26.7. The zero-order chi connectivity index (χ0) is 38.6. The van der Waals surface area contributed by atoms with Crippen molar-refractivity contribution >= 4 is 0 Å². The molecular formula is C48H91NO5. The van der Waals surface area contributed by atoms with Gasteiger partial charge in [-0.3, -0.25) is 0 Å². The van der Waals surface area contributed by atoms with Gasteiger partial charge < -0.3 is 29.0 Å². The van der Waals surface area contributed by atoms with Crippen molar-refractivity contribution in [2.45, 2.75) is 231 Å². The lowest BCUT2D eigenvalue weighted by Gasteiger charge is -2.32. The van der Waals surface area contributed by atoms with Crippen LogP contribution in [0.1, 0.15) is 206 Å². The van der Waals surface area contributed by atoms with Crippen LogP contribution < -0.4 is 0 Å². The fraction of sp³-hybridized carbons (Fsp3) is 0.917. The highest BCUT2D eigenvalue weighted by Crippen LogP contribution is 2.25. The molecule has 2 rings (SSSR count). The molecule has 4 atom stereocenters. The van der Waals surface area contributed by atoms with Gasteiger partial charge in [-0.15, -0.1) is 0 Å². The Kier molecular flexibility index (Phi) is 33.4. The first-order valence-electron chi connectivity index (χ1n) is 23.8. The third-order valence-corrected chi connectivity index (χ3v) is 11.8. The predicted molar refractivity (Wildman–Crippen MR) is 230 cm³/mol. The second-order valence-electron chi connectivity index (χ2n) is 16.9. The monoisotopic (exact) mass is 762 g/mol. The molecule has 0 bridgehead atoms. The molecule has 0 aromatic heterocycles. The van der Waals surface area contributed by atoms with Crippen LogP contribution in [0.3, 0.4) is 0 Å². The van der Waals surface area contributed by atoms with E-state index in [-0.39, 0.29) is 24.2 Å². The van der Waals surface area contributed by atoms with Gasteiger partial charge >= 0.3 is 0 Å². The van der Waals surface area contributed by atoms with Crippen molar-refractivity contribution in [3.63, 3.8) is 0 Å². The summed E-state index contributed by atoms with van der Waals surface area (Å²) >= 11 is 0.